The van der Waals surface area contributed by atoms with Crippen molar-refractivity contribution in [1.82, 2.24) is 4.98 Å². The molecule has 0 aliphatic heterocycles. The van der Waals surface area contributed by atoms with Gasteiger partial charge in [-0.15, -0.1) is 0 Å². The SMILES string of the molecule is CC(=O)N(c1cc(C)cc(C)c1)c1nc(C)c(-c2ccccc2)cc1C#N. The summed E-state index contributed by atoms with van der Waals surface area (Å²) in [5, 5.41) is 9.74. The summed E-state index contributed by atoms with van der Waals surface area (Å²) in [6.07, 6.45) is 0. The Balaban J connectivity index is 2.21. The Morgan fingerprint density at radius 2 is 1.63 bits per heavy atom. The number of aromatic nitrogens is 1. The molecule has 0 radical (unpaired) electrons. The van der Waals surface area contributed by atoms with Crippen LogP contribution < -0.4 is 4.90 Å². The molecule has 1 heterocycles. The number of benzene rings is 2. The number of carbonyl (C=O) groups excluding carboxylic acids is 1. The smallest absolute Gasteiger partial charge is 0.229 e. The van der Waals surface area contributed by atoms with Crippen molar-refractivity contribution in [3.05, 3.63) is 77.0 Å². The molecule has 27 heavy (non-hydrogen) atoms. The molecule has 0 spiro atoms. The summed E-state index contributed by atoms with van der Waals surface area (Å²) < 4.78 is 0. The van der Waals surface area contributed by atoms with Gasteiger partial charge in [-0.2, -0.15) is 5.26 Å². The van der Waals surface area contributed by atoms with Crippen molar-refractivity contribution in [2.75, 3.05) is 4.90 Å². The zero-order chi connectivity index (χ0) is 19.6. The fraction of sp³-hybridized carbons (Fsp3) is 0.174. The van der Waals surface area contributed by atoms with Gasteiger partial charge in [0.25, 0.3) is 0 Å². The topological polar surface area (TPSA) is 57.0 Å². The molecule has 0 atom stereocenters. The molecule has 3 rings (SSSR count). The first-order valence-corrected chi connectivity index (χ1v) is 8.77. The molecule has 134 valence electrons. The first kappa shape index (κ1) is 18.3. The average molecular weight is 355 g/mol. The van der Waals surface area contributed by atoms with Crippen LogP contribution in [-0.4, -0.2) is 10.9 Å². The fourth-order valence-corrected chi connectivity index (χ4v) is 3.29. The molecule has 0 N–H and O–H groups in total. The molecule has 0 aliphatic carbocycles. The third kappa shape index (κ3) is 3.73. The maximum atomic E-state index is 12.5. The van der Waals surface area contributed by atoms with Gasteiger partial charge >= 0.3 is 0 Å². The van der Waals surface area contributed by atoms with Crippen LogP contribution in [0, 0.1) is 32.1 Å². The highest BCUT2D eigenvalue weighted by Gasteiger charge is 2.22. The number of aryl methyl sites for hydroxylation is 3. The number of rotatable bonds is 3. The van der Waals surface area contributed by atoms with Gasteiger partial charge in [0.2, 0.25) is 5.91 Å². The summed E-state index contributed by atoms with van der Waals surface area (Å²) in [6.45, 7) is 7.35. The van der Waals surface area contributed by atoms with Gasteiger partial charge in [-0.25, -0.2) is 4.98 Å². The molecule has 0 bridgehead atoms. The minimum atomic E-state index is -0.184. The van der Waals surface area contributed by atoms with Crippen LogP contribution in [0.3, 0.4) is 0 Å². The maximum Gasteiger partial charge on any atom is 0.229 e. The summed E-state index contributed by atoms with van der Waals surface area (Å²) in [6, 6.07) is 19.7. The Bertz CT molecular complexity index is 1030. The molecule has 1 amide bonds. The van der Waals surface area contributed by atoms with Gasteiger partial charge in [-0.1, -0.05) is 36.4 Å². The molecule has 4 nitrogen and oxygen atoms in total. The van der Waals surface area contributed by atoms with Crippen LogP contribution in [0.4, 0.5) is 11.5 Å². The minimum Gasteiger partial charge on any atom is -0.274 e. The third-order valence-corrected chi connectivity index (χ3v) is 4.39. The molecule has 0 saturated heterocycles. The van der Waals surface area contributed by atoms with E-state index >= 15 is 0 Å². The van der Waals surface area contributed by atoms with E-state index in [0.29, 0.717) is 11.4 Å². The standard InChI is InChI=1S/C23H21N3O/c1-15-10-16(2)12-21(11-15)26(18(4)27)23-20(14-24)13-22(17(3)25-23)19-8-6-5-7-9-19/h5-13H,1-4H3. The first-order chi connectivity index (χ1) is 12.9. The van der Waals surface area contributed by atoms with Crippen LogP contribution in [0.25, 0.3) is 11.1 Å². The number of anilines is 2. The van der Waals surface area contributed by atoms with Gasteiger partial charge in [0.1, 0.15) is 6.07 Å². The second-order valence-corrected chi connectivity index (χ2v) is 6.67. The number of carbonyl (C=O) groups is 1. The number of pyridine rings is 1. The van der Waals surface area contributed by atoms with Gasteiger partial charge in [0.15, 0.2) is 5.82 Å². The van der Waals surface area contributed by atoms with Gasteiger partial charge in [-0.05, 0) is 55.7 Å². The second-order valence-electron chi connectivity index (χ2n) is 6.67. The van der Waals surface area contributed by atoms with Gasteiger partial charge in [0, 0.05) is 18.2 Å². The van der Waals surface area contributed by atoms with Crippen molar-refractivity contribution < 1.29 is 4.79 Å². The number of hydrogen-bond acceptors (Lipinski definition) is 3. The van der Waals surface area contributed by atoms with Crippen molar-refractivity contribution >= 4 is 17.4 Å². The van der Waals surface area contributed by atoms with Crippen LogP contribution in [0.5, 0.6) is 0 Å². The van der Waals surface area contributed by atoms with E-state index in [2.05, 4.69) is 11.1 Å². The van der Waals surface area contributed by atoms with E-state index in [9.17, 15) is 10.1 Å². The molecule has 4 heteroatoms. The van der Waals surface area contributed by atoms with Gasteiger partial charge in [-0.3, -0.25) is 9.69 Å². The van der Waals surface area contributed by atoms with Crippen molar-refractivity contribution in [2.24, 2.45) is 0 Å². The van der Waals surface area contributed by atoms with Crippen LogP contribution in [0.15, 0.2) is 54.6 Å². The van der Waals surface area contributed by atoms with E-state index < -0.39 is 0 Å². The fourth-order valence-electron chi connectivity index (χ4n) is 3.29. The molecule has 3 aromatic rings. The zero-order valence-corrected chi connectivity index (χ0v) is 15.9. The normalized spacial score (nSPS) is 10.3. The van der Waals surface area contributed by atoms with E-state index in [1.54, 1.807) is 0 Å². The number of hydrogen-bond donors (Lipinski definition) is 0. The molecular weight excluding hydrogens is 334 g/mol. The molecular formula is C23H21N3O. The van der Waals surface area contributed by atoms with Crippen LogP contribution in [0.2, 0.25) is 0 Å². The van der Waals surface area contributed by atoms with Crippen LogP contribution >= 0.6 is 0 Å². The van der Waals surface area contributed by atoms with E-state index in [-0.39, 0.29) is 5.91 Å². The van der Waals surface area contributed by atoms with Crippen molar-refractivity contribution in [2.45, 2.75) is 27.7 Å². The molecule has 1 aromatic heterocycles. The summed E-state index contributed by atoms with van der Waals surface area (Å²) >= 11 is 0. The number of amides is 1. The third-order valence-electron chi connectivity index (χ3n) is 4.39. The van der Waals surface area contributed by atoms with E-state index in [0.717, 1.165) is 33.6 Å². The second kappa shape index (κ2) is 7.43. The quantitative estimate of drug-likeness (QED) is 0.646. The maximum absolute atomic E-state index is 12.5. The highest BCUT2D eigenvalue weighted by molar-refractivity contribution is 5.99. The number of nitrogens with zero attached hydrogens (tertiary/aromatic N) is 3. The van der Waals surface area contributed by atoms with Crippen LogP contribution in [0.1, 0.15) is 29.3 Å². The summed E-state index contributed by atoms with van der Waals surface area (Å²) in [5.41, 5.74) is 5.83. The molecule has 0 saturated carbocycles. The van der Waals surface area contributed by atoms with Crippen molar-refractivity contribution in [3.63, 3.8) is 0 Å². The molecule has 0 fully saturated rings. The van der Waals surface area contributed by atoms with Gasteiger partial charge in [0.05, 0.1) is 11.3 Å². The lowest BCUT2D eigenvalue weighted by Gasteiger charge is -2.23. The lowest BCUT2D eigenvalue weighted by molar-refractivity contribution is -0.115. The summed E-state index contributed by atoms with van der Waals surface area (Å²) in [4.78, 5) is 18.7. The zero-order valence-electron chi connectivity index (χ0n) is 15.9. The molecule has 0 aliphatic rings. The average Bonchev–Trinajstić information content (AvgIpc) is 2.62. The van der Waals surface area contributed by atoms with Crippen molar-refractivity contribution in [3.8, 4) is 17.2 Å². The first-order valence-electron chi connectivity index (χ1n) is 8.77. The van der Waals surface area contributed by atoms with Gasteiger partial charge < -0.3 is 0 Å². The van der Waals surface area contributed by atoms with E-state index in [4.69, 9.17) is 0 Å². The van der Waals surface area contributed by atoms with Crippen LogP contribution in [-0.2, 0) is 4.79 Å². The Morgan fingerprint density at radius 3 is 2.19 bits per heavy atom. The Morgan fingerprint density at radius 1 is 1.00 bits per heavy atom. The largest absolute Gasteiger partial charge is 0.274 e. The Kier molecular flexibility index (Phi) is 5.05. The molecule has 2 aromatic carbocycles. The predicted octanol–water partition coefficient (Wildman–Crippen LogP) is 5.23. The summed E-state index contributed by atoms with van der Waals surface area (Å²) in [7, 11) is 0. The highest BCUT2D eigenvalue weighted by Crippen LogP contribution is 2.32. The lowest BCUT2D eigenvalue weighted by atomic mass is 10.0. The number of nitriles is 1. The Hall–Kier alpha value is -3.45. The Labute approximate surface area is 159 Å². The van der Waals surface area contributed by atoms with Crippen molar-refractivity contribution in [1.29, 1.82) is 5.26 Å². The van der Waals surface area contributed by atoms with E-state index in [1.807, 2.05) is 75.4 Å². The molecule has 0 unspecified atom stereocenters. The predicted molar refractivity (Wildman–Crippen MR) is 108 cm³/mol. The minimum absolute atomic E-state index is 0.184. The monoisotopic (exact) mass is 355 g/mol. The highest BCUT2D eigenvalue weighted by atomic mass is 16.2. The van der Waals surface area contributed by atoms with E-state index in [1.165, 1.54) is 11.8 Å². The lowest BCUT2D eigenvalue weighted by Crippen LogP contribution is -2.25. The summed E-state index contributed by atoms with van der Waals surface area (Å²) in [5.74, 6) is 0.183.